The van der Waals surface area contributed by atoms with Crippen molar-refractivity contribution in [3.8, 4) is 5.75 Å². The van der Waals surface area contributed by atoms with Crippen LogP contribution in [0.25, 0.3) is 0 Å². The van der Waals surface area contributed by atoms with Crippen LogP contribution in [0, 0.1) is 5.92 Å². The highest BCUT2D eigenvalue weighted by molar-refractivity contribution is 7.90. The van der Waals surface area contributed by atoms with Gasteiger partial charge in [0.15, 0.2) is 9.84 Å². The van der Waals surface area contributed by atoms with E-state index in [2.05, 4.69) is 29.6 Å². The topological polar surface area (TPSA) is 55.4 Å². The molecule has 27 heavy (non-hydrogen) atoms. The smallest absolute Gasteiger partial charge is 0.175 e. The molecule has 0 unspecified atom stereocenters. The van der Waals surface area contributed by atoms with Gasteiger partial charge in [0.05, 0.1) is 10.9 Å². The molecule has 1 fully saturated rings. The maximum absolute atomic E-state index is 11.7. The third kappa shape index (κ3) is 4.19. The molecule has 1 N–H and O–H groups in total. The number of hydrogen-bond donors (Lipinski definition) is 1. The molecule has 4 nitrogen and oxygen atoms in total. The Labute approximate surface area is 161 Å². The zero-order valence-corrected chi connectivity index (χ0v) is 16.5. The lowest BCUT2D eigenvalue weighted by atomic mass is 10.1. The van der Waals surface area contributed by atoms with Crippen molar-refractivity contribution >= 4 is 9.84 Å². The average Bonchev–Trinajstić information content (AvgIpc) is 3.28. The van der Waals surface area contributed by atoms with Gasteiger partial charge in [-0.25, -0.2) is 8.42 Å². The summed E-state index contributed by atoms with van der Waals surface area (Å²) in [5.41, 5.74) is 2.56. The Hall–Kier alpha value is -1.85. The zero-order chi connectivity index (χ0) is 18.9. The van der Waals surface area contributed by atoms with Crippen LogP contribution in [-0.4, -0.2) is 27.3 Å². The molecular formula is C22H27NO3S. The molecule has 0 saturated heterocycles. The number of benzene rings is 2. The number of ether oxygens (including phenoxy) is 1. The first kappa shape index (κ1) is 18.5. The number of rotatable bonds is 6. The molecule has 0 spiro atoms. The lowest BCUT2D eigenvalue weighted by Crippen LogP contribution is -2.38. The molecule has 0 aliphatic heterocycles. The van der Waals surface area contributed by atoms with E-state index in [9.17, 15) is 8.42 Å². The fourth-order valence-electron chi connectivity index (χ4n) is 4.33. The SMILES string of the molecule is CS(=O)(=O)c1ccc(O[C@H]2c3ccccc3C[C@@H]2NCC2CCCC2)cc1. The molecule has 4 rings (SSSR count). The quantitative estimate of drug-likeness (QED) is 0.819. The van der Waals surface area contributed by atoms with Gasteiger partial charge < -0.3 is 10.1 Å². The van der Waals surface area contributed by atoms with Crippen molar-refractivity contribution in [3.05, 3.63) is 59.7 Å². The fraction of sp³-hybridized carbons (Fsp3) is 0.455. The molecule has 0 bridgehead atoms. The summed E-state index contributed by atoms with van der Waals surface area (Å²) in [5, 5.41) is 3.76. The van der Waals surface area contributed by atoms with Crippen LogP contribution < -0.4 is 10.1 Å². The van der Waals surface area contributed by atoms with E-state index in [1.165, 1.54) is 43.1 Å². The summed E-state index contributed by atoms with van der Waals surface area (Å²) >= 11 is 0. The van der Waals surface area contributed by atoms with Crippen molar-refractivity contribution in [2.24, 2.45) is 5.92 Å². The average molecular weight is 386 g/mol. The van der Waals surface area contributed by atoms with E-state index in [1.54, 1.807) is 24.3 Å². The van der Waals surface area contributed by atoms with Gasteiger partial charge in [-0.05, 0) is 67.1 Å². The maximum Gasteiger partial charge on any atom is 0.175 e. The van der Waals surface area contributed by atoms with E-state index in [-0.39, 0.29) is 12.1 Å². The normalized spacial score (nSPS) is 22.7. The first-order valence-electron chi connectivity index (χ1n) is 9.79. The first-order valence-corrected chi connectivity index (χ1v) is 11.7. The number of nitrogens with one attached hydrogen (secondary N) is 1. The van der Waals surface area contributed by atoms with Gasteiger partial charge in [0.2, 0.25) is 0 Å². The summed E-state index contributed by atoms with van der Waals surface area (Å²) in [6.07, 6.45) is 7.49. The van der Waals surface area contributed by atoms with Crippen LogP contribution in [0.1, 0.15) is 42.9 Å². The highest BCUT2D eigenvalue weighted by Gasteiger charge is 2.34. The lowest BCUT2D eigenvalue weighted by molar-refractivity contribution is 0.164. The van der Waals surface area contributed by atoms with E-state index in [0.717, 1.165) is 18.9 Å². The Kier molecular flexibility index (Phi) is 5.24. The Morgan fingerprint density at radius 3 is 2.44 bits per heavy atom. The largest absolute Gasteiger partial charge is 0.484 e. The van der Waals surface area contributed by atoms with Crippen molar-refractivity contribution in [1.29, 1.82) is 0 Å². The Morgan fingerprint density at radius 2 is 1.74 bits per heavy atom. The molecular weight excluding hydrogens is 358 g/mol. The minimum atomic E-state index is -3.19. The Bertz CT molecular complexity index is 886. The molecule has 0 radical (unpaired) electrons. The molecule has 2 aromatic rings. The van der Waals surface area contributed by atoms with Gasteiger partial charge in [-0.2, -0.15) is 0 Å². The van der Waals surface area contributed by atoms with Crippen LogP contribution in [-0.2, 0) is 16.3 Å². The fourth-order valence-corrected chi connectivity index (χ4v) is 4.96. The number of hydrogen-bond acceptors (Lipinski definition) is 4. The lowest BCUT2D eigenvalue weighted by Gasteiger charge is -2.24. The summed E-state index contributed by atoms with van der Waals surface area (Å²) in [6, 6.07) is 15.4. The molecule has 0 aromatic heterocycles. The van der Waals surface area contributed by atoms with E-state index >= 15 is 0 Å². The van der Waals surface area contributed by atoms with E-state index in [4.69, 9.17) is 4.74 Å². The summed E-state index contributed by atoms with van der Waals surface area (Å²) in [7, 11) is -3.19. The summed E-state index contributed by atoms with van der Waals surface area (Å²) < 4.78 is 29.7. The summed E-state index contributed by atoms with van der Waals surface area (Å²) in [5.74, 6) is 1.49. The van der Waals surface area contributed by atoms with Gasteiger partial charge in [0.1, 0.15) is 11.9 Å². The van der Waals surface area contributed by atoms with E-state index in [0.29, 0.717) is 10.6 Å². The molecule has 0 amide bonds. The molecule has 5 heteroatoms. The molecule has 2 aliphatic rings. The van der Waals surface area contributed by atoms with Crippen molar-refractivity contribution in [2.45, 2.75) is 49.1 Å². The molecule has 2 aliphatic carbocycles. The standard InChI is InChI=1S/C22H27NO3S/c1-27(24,25)19-12-10-18(11-13-19)26-22-20-9-5-4-8-17(20)14-21(22)23-15-16-6-2-3-7-16/h4-5,8-13,16,21-23H,2-3,6-7,14-15H2,1H3/t21-,22-/m0/s1. The van der Waals surface area contributed by atoms with Crippen molar-refractivity contribution in [2.75, 3.05) is 12.8 Å². The number of sulfone groups is 1. The second-order valence-electron chi connectivity index (χ2n) is 7.85. The highest BCUT2D eigenvalue weighted by atomic mass is 32.2. The first-order chi connectivity index (χ1) is 13.0. The monoisotopic (exact) mass is 385 g/mol. The van der Waals surface area contributed by atoms with Crippen molar-refractivity contribution in [3.63, 3.8) is 0 Å². The summed E-state index contributed by atoms with van der Waals surface area (Å²) in [4.78, 5) is 0.317. The second-order valence-corrected chi connectivity index (χ2v) is 9.87. The molecule has 144 valence electrons. The van der Waals surface area contributed by atoms with Gasteiger partial charge in [-0.15, -0.1) is 0 Å². The van der Waals surface area contributed by atoms with Crippen molar-refractivity contribution in [1.82, 2.24) is 5.32 Å². The third-order valence-corrected chi connectivity index (χ3v) is 6.95. The second kappa shape index (κ2) is 7.64. The van der Waals surface area contributed by atoms with E-state index in [1.807, 2.05) is 0 Å². The maximum atomic E-state index is 11.7. The highest BCUT2D eigenvalue weighted by Crippen LogP contribution is 2.36. The van der Waals surface area contributed by atoms with Crippen LogP contribution in [0.15, 0.2) is 53.4 Å². The Morgan fingerprint density at radius 1 is 1.04 bits per heavy atom. The van der Waals surface area contributed by atoms with Gasteiger partial charge in [-0.3, -0.25) is 0 Å². The van der Waals surface area contributed by atoms with E-state index < -0.39 is 9.84 Å². The predicted octanol–water partition coefficient (Wildman–Crippen LogP) is 3.91. The van der Waals surface area contributed by atoms with Gasteiger partial charge in [0, 0.05) is 6.26 Å². The van der Waals surface area contributed by atoms with Crippen molar-refractivity contribution < 1.29 is 13.2 Å². The molecule has 2 atom stereocenters. The molecule has 1 saturated carbocycles. The Balaban J connectivity index is 1.51. The van der Waals surface area contributed by atoms with Crippen LogP contribution in [0.2, 0.25) is 0 Å². The summed E-state index contributed by atoms with van der Waals surface area (Å²) in [6.45, 7) is 1.05. The van der Waals surface area contributed by atoms with Crippen LogP contribution in [0.5, 0.6) is 5.75 Å². The minimum absolute atomic E-state index is 0.0494. The van der Waals surface area contributed by atoms with Crippen LogP contribution >= 0.6 is 0 Å². The van der Waals surface area contributed by atoms with Gasteiger partial charge in [0.25, 0.3) is 0 Å². The minimum Gasteiger partial charge on any atom is -0.484 e. The predicted molar refractivity (Wildman–Crippen MR) is 107 cm³/mol. The van der Waals surface area contributed by atoms with Gasteiger partial charge >= 0.3 is 0 Å². The molecule has 2 aromatic carbocycles. The number of fused-ring (bicyclic) bond motifs is 1. The third-order valence-electron chi connectivity index (χ3n) is 5.83. The molecule has 0 heterocycles. The zero-order valence-electron chi connectivity index (χ0n) is 15.7. The van der Waals surface area contributed by atoms with Gasteiger partial charge in [-0.1, -0.05) is 37.1 Å². The van der Waals surface area contributed by atoms with Crippen LogP contribution in [0.4, 0.5) is 0 Å². The van der Waals surface area contributed by atoms with Crippen LogP contribution in [0.3, 0.4) is 0 Å².